The van der Waals surface area contributed by atoms with E-state index in [0.29, 0.717) is 0 Å². The number of nitro groups is 1. The summed E-state index contributed by atoms with van der Waals surface area (Å²) in [6, 6.07) is -5.45. The second kappa shape index (κ2) is 4.62. The van der Waals surface area contributed by atoms with Crippen LogP contribution < -0.4 is 0 Å². The van der Waals surface area contributed by atoms with E-state index in [0.717, 1.165) is 0 Å². The van der Waals surface area contributed by atoms with Crippen molar-refractivity contribution in [2.45, 2.75) is 31.0 Å². The summed E-state index contributed by atoms with van der Waals surface area (Å²) in [4.78, 5) is 6.99. The fraction of sp³-hybridized carbons (Fsp3) is 1.00. The minimum atomic E-state index is -5.45. The molecule has 0 heterocycles. The maximum atomic E-state index is 12.3. The van der Waals surface area contributed by atoms with E-state index in [-0.39, 0.29) is 0 Å². The Bertz CT molecular complexity index is 235. The highest BCUT2D eigenvalue weighted by Crippen LogP contribution is 2.30. The molecule has 15 heavy (non-hydrogen) atoms. The van der Waals surface area contributed by atoms with Crippen LogP contribution in [0.4, 0.5) is 30.7 Å². The summed E-state index contributed by atoms with van der Waals surface area (Å²) in [5.74, 6) is 0. The molecule has 3 atom stereocenters. The van der Waals surface area contributed by atoms with E-state index in [2.05, 4.69) is 0 Å². The summed E-state index contributed by atoms with van der Waals surface area (Å²) >= 11 is 0. The fourth-order valence-corrected chi connectivity index (χ4v) is 0.593. The standard InChI is InChI=1S/C5H4F7NO2/c6-1(2(7)4(9)10)3(8)5(11,12)13(14)15/h1-4H. The minimum Gasteiger partial charge on any atom is -0.259 e. The van der Waals surface area contributed by atoms with Crippen LogP contribution in [0, 0.1) is 10.1 Å². The van der Waals surface area contributed by atoms with Crippen LogP contribution in [0.25, 0.3) is 0 Å². The minimum absolute atomic E-state index is 2.51. The highest BCUT2D eigenvalue weighted by Gasteiger charge is 2.60. The molecule has 0 saturated heterocycles. The lowest BCUT2D eigenvalue weighted by Crippen LogP contribution is -2.48. The first kappa shape index (κ1) is 13.9. The van der Waals surface area contributed by atoms with Crippen molar-refractivity contribution in [2.75, 3.05) is 0 Å². The van der Waals surface area contributed by atoms with Crippen molar-refractivity contribution < 1.29 is 35.7 Å². The van der Waals surface area contributed by atoms with Gasteiger partial charge in [0.25, 0.3) is 12.6 Å². The van der Waals surface area contributed by atoms with Gasteiger partial charge in [-0.1, -0.05) is 0 Å². The SMILES string of the molecule is O=[N+]([O-])C(F)(F)C(F)C(F)C(F)C(F)F. The van der Waals surface area contributed by atoms with Crippen molar-refractivity contribution in [1.29, 1.82) is 0 Å². The van der Waals surface area contributed by atoms with Gasteiger partial charge in [-0.25, -0.2) is 22.0 Å². The van der Waals surface area contributed by atoms with Gasteiger partial charge < -0.3 is 0 Å². The van der Waals surface area contributed by atoms with E-state index in [9.17, 15) is 40.8 Å². The van der Waals surface area contributed by atoms with Crippen LogP contribution in [0.2, 0.25) is 0 Å². The second-order valence-electron chi connectivity index (χ2n) is 2.47. The predicted molar refractivity (Wildman–Crippen MR) is 32.6 cm³/mol. The molecule has 0 aromatic carbocycles. The first-order chi connectivity index (χ1) is 6.62. The van der Waals surface area contributed by atoms with Crippen molar-refractivity contribution >= 4 is 0 Å². The molecule has 0 radical (unpaired) electrons. The van der Waals surface area contributed by atoms with Crippen molar-refractivity contribution in [3.63, 3.8) is 0 Å². The number of alkyl halides is 7. The molecule has 90 valence electrons. The molecule has 0 spiro atoms. The third-order valence-electron chi connectivity index (χ3n) is 1.40. The molecule has 0 saturated carbocycles. The number of hydrogen-bond donors (Lipinski definition) is 0. The van der Waals surface area contributed by atoms with E-state index < -0.39 is 35.9 Å². The first-order valence-corrected chi connectivity index (χ1v) is 3.35. The Kier molecular flexibility index (Phi) is 4.28. The average Bonchev–Trinajstić information content (AvgIpc) is 2.13. The van der Waals surface area contributed by atoms with E-state index in [1.807, 2.05) is 0 Å². The van der Waals surface area contributed by atoms with Crippen LogP contribution in [0.5, 0.6) is 0 Å². The molecule has 0 aromatic heterocycles. The van der Waals surface area contributed by atoms with Gasteiger partial charge in [0.15, 0.2) is 12.3 Å². The zero-order chi connectivity index (χ0) is 12.4. The second-order valence-corrected chi connectivity index (χ2v) is 2.47. The van der Waals surface area contributed by atoms with E-state index in [1.54, 1.807) is 0 Å². The molecule has 0 aromatic rings. The largest absolute Gasteiger partial charge is 0.545 e. The van der Waals surface area contributed by atoms with Gasteiger partial charge in [-0.15, -0.1) is 8.78 Å². The smallest absolute Gasteiger partial charge is 0.259 e. The monoisotopic (exact) mass is 243 g/mol. The van der Waals surface area contributed by atoms with Crippen molar-refractivity contribution in [3.05, 3.63) is 10.1 Å². The molecule has 0 aliphatic carbocycles. The Labute approximate surface area is 78.0 Å². The van der Waals surface area contributed by atoms with Crippen molar-refractivity contribution in [2.24, 2.45) is 0 Å². The third kappa shape index (κ3) is 2.93. The topological polar surface area (TPSA) is 43.1 Å². The molecular weight excluding hydrogens is 239 g/mol. The maximum Gasteiger partial charge on any atom is 0.545 e. The Morgan fingerprint density at radius 3 is 1.67 bits per heavy atom. The quantitative estimate of drug-likeness (QED) is 0.321. The van der Waals surface area contributed by atoms with Gasteiger partial charge in [0.05, 0.1) is 4.92 Å². The first-order valence-electron chi connectivity index (χ1n) is 3.35. The summed E-state index contributed by atoms with van der Waals surface area (Å²) in [6.07, 6.45) is -16.1. The predicted octanol–water partition coefficient (Wildman–Crippen LogP) is 2.14. The Hall–Kier alpha value is -1.09. The molecule has 0 rings (SSSR count). The van der Waals surface area contributed by atoms with Crippen molar-refractivity contribution in [3.8, 4) is 0 Å². The van der Waals surface area contributed by atoms with E-state index in [1.165, 1.54) is 0 Å². The number of halogens is 7. The molecule has 0 N–H and O–H groups in total. The fourth-order valence-electron chi connectivity index (χ4n) is 0.593. The van der Waals surface area contributed by atoms with Crippen LogP contribution in [-0.4, -0.2) is 35.9 Å². The van der Waals surface area contributed by atoms with Crippen molar-refractivity contribution in [1.82, 2.24) is 0 Å². The van der Waals surface area contributed by atoms with Gasteiger partial charge in [-0.05, 0) is 0 Å². The van der Waals surface area contributed by atoms with Crippen LogP contribution in [0.15, 0.2) is 0 Å². The molecule has 0 fully saturated rings. The number of rotatable bonds is 5. The van der Waals surface area contributed by atoms with Gasteiger partial charge in [0.1, 0.15) is 0 Å². The summed E-state index contributed by atoms with van der Waals surface area (Å²) in [6.45, 7) is 0. The van der Waals surface area contributed by atoms with E-state index in [4.69, 9.17) is 0 Å². The zero-order valence-corrected chi connectivity index (χ0v) is 6.72. The van der Waals surface area contributed by atoms with Crippen LogP contribution >= 0.6 is 0 Å². The van der Waals surface area contributed by atoms with Gasteiger partial charge in [0.2, 0.25) is 0 Å². The highest BCUT2D eigenvalue weighted by molar-refractivity contribution is 4.83. The van der Waals surface area contributed by atoms with Crippen LogP contribution in [-0.2, 0) is 0 Å². The van der Waals surface area contributed by atoms with Gasteiger partial charge in [-0.2, -0.15) is 0 Å². The molecule has 10 heteroatoms. The summed E-state index contributed by atoms with van der Waals surface area (Å²) in [5.41, 5.74) is 0. The maximum absolute atomic E-state index is 12.3. The number of nitrogens with zero attached hydrogens (tertiary/aromatic N) is 1. The lowest BCUT2D eigenvalue weighted by molar-refractivity contribution is -0.655. The molecule has 0 aliphatic rings. The molecule has 0 bridgehead atoms. The summed E-state index contributed by atoms with van der Waals surface area (Å²) < 4.78 is 83.7. The molecule has 0 aliphatic heterocycles. The van der Waals surface area contributed by atoms with Gasteiger partial charge >= 0.3 is 6.05 Å². The van der Waals surface area contributed by atoms with E-state index >= 15 is 0 Å². The Balaban J connectivity index is 4.71. The van der Waals surface area contributed by atoms with Crippen LogP contribution in [0.3, 0.4) is 0 Å². The summed E-state index contributed by atoms with van der Waals surface area (Å²) in [5, 5.41) is 9.50. The zero-order valence-electron chi connectivity index (χ0n) is 6.72. The number of hydrogen-bond acceptors (Lipinski definition) is 2. The van der Waals surface area contributed by atoms with Gasteiger partial charge in [0, 0.05) is 0 Å². The Morgan fingerprint density at radius 2 is 1.40 bits per heavy atom. The van der Waals surface area contributed by atoms with Crippen LogP contribution in [0.1, 0.15) is 0 Å². The molecule has 3 unspecified atom stereocenters. The molecule has 0 amide bonds. The molecule has 3 nitrogen and oxygen atoms in total. The average molecular weight is 243 g/mol. The molecular formula is C5H4F7NO2. The highest BCUT2D eigenvalue weighted by atomic mass is 19.3. The lowest BCUT2D eigenvalue weighted by atomic mass is 10.1. The normalized spacial score (nSPS) is 18.7. The third-order valence-corrected chi connectivity index (χ3v) is 1.40. The Morgan fingerprint density at radius 1 is 1.00 bits per heavy atom. The lowest BCUT2D eigenvalue weighted by Gasteiger charge is -2.18. The van der Waals surface area contributed by atoms with Gasteiger partial charge in [-0.3, -0.25) is 10.1 Å². The summed E-state index contributed by atoms with van der Waals surface area (Å²) in [7, 11) is 0.